The topological polar surface area (TPSA) is 30.9 Å². The molecule has 0 saturated heterocycles. The fourth-order valence-electron chi connectivity index (χ4n) is 4.55. The number of hydrogen-bond acceptors (Lipinski definition) is 4. The van der Waals surface area contributed by atoms with Gasteiger partial charge in [0, 0.05) is 21.3 Å². The van der Waals surface area contributed by atoms with Crippen LogP contribution in [-0.4, -0.2) is 54.3 Å². The van der Waals surface area contributed by atoms with Crippen molar-refractivity contribution >= 4 is 8.80 Å². The highest BCUT2D eigenvalue weighted by Gasteiger charge is 2.48. The van der Waals surface area contributed by atoms with Gasteiger partial charge in [0.2, 0.25) is 0 Å². The quantitative estimate of drug-likeness (QED) is 0.121. The first-order chi connectivity index (χ1) is 14.6. The minimum absolute atomic E-state index is 0.230. The van der Waals surface area contributed by atoms with Gasteiger partial charge in [-0.05, 0) is 26.4 Å². The van der Waals surface area contributed by atoms with Crippen molar-refractivity contribution in [3.05, 3.63) is 0 Å². The van der Waals surface area contributed by atoms with Crippen LogP contribution in [-0.2, 0) is 13.3 Å². The van der Waals surface area contributed by atoms with Crippen LogP contribution in [0.15, 0.2) is 0 Å². The molecular formula is C25H55NO3Si. The lowest BCUT2D eigenvalue weighted by molar-refractivity contribution is 0.0796. The van der Waals surface area contributed by atoms with Gasteiger partial charge < -0.3 is 13.3 Å². The smallest absolute Gasteiger partial charge is 0.376 e. The lowest BCUT2D eigenvalue weighted by atomic mass is 10.0. The molecule has 0 aliphatic heterocycles. The molecule has 0 aliphatic rings. The molecule has 4 nitrogen and oxygen atoms in total. The van der Waals surface area contributed by atoms with E-state index in [0.29, 0.717) is 0 Å². The van der Waals surface area contributed by atoms with Crippen LogP contribution in [0.5, 0.6) is 0 Å². The van der Waals surface area contributed by atoms with Crippen molar-refractivity contribution in [1.29, 1.82) is 0 Å². The highest BCUT2D eigenvalue weighted by molar-refractivity contribution is 6.62. The molecule has 0 rings (SSSR count). The second-order valence-electron chi connectivity index (χ2n) is 8.92. The summed E-state index contributed by atoms with van der Waals surface area (Å²) in [5.41, 5.74) is 0.230. The Labute approximate surface area is 190 Å². The summed E-state index contributed by atoms with van der Waals surface area (Å²) in [6.45, 7) is 5.57. The Balaban J connectivity index is 3.58. The van der Waals surface area contributed by atoms with E-state index in [1.165, 1.54) is 103 Å². The molecule has 0 amide bonds. The molecule has 0 aromatic heterocycles. The number of nitrogens with zero attached hydrogens (tertiary/aromatic N) is 1. The maximum absolute atomic E-state index is 5.70. The average molecular weight is 446 g/mol. The Morgan fingerprint density at radius 2 is 0.900 bits per heavy atom. The Hall–Kier alpha value is 0.0569. The van der Waals surface area contributed by atoms with Crippen LogP contribution >= 0.6 is 0 Å². The summed E-state index contributed by atoms with van der Waals surface area (Å²) in [6.07, 6.45) is 23.5. The summed E-state index contributed by atoms with van der Waals surface area (Å²) in [7, 11) is 4.72. The Morgan fingerprint density at radius 3 is 1.20 bits per heavy atom. The first kappa shape index (κ1) is 30.1. The van der Waals surface area contributed by atoms with Crippen molar-refractivity contribution in [2.75, 3.05) is 34.9 Å². The van der Waals surface area contributed by atoms with Gasteiger partial charge in [0.05, 0.1) is 5.67 Å². The Morgan fingerprint density at radius 1 is 0.567 bits per heavy atom. The van der Waals surface area contributed by atoms with Crippen LogP contribution in [0.2, 0.25) is 0 Å². The van der Waals surface area contributed by atoms with E-state index in [4.69, 9.17) is 13.3 Å². The van der Waals surface area contributed by atoms with Crippen molar-refractivity contribution in [2.45, 2.75) is 129 Å². The molecule has 30 heavy (non-hydrogen) atoms. The van der Waals surface area contributed by atoms with Gasteiger partial charge in [0.25, 0.3) is 0 Å². The zero-order chi connectivity index (χ0) is 22.5. The van der Waals surface area contributed by atoms with Crippen LogP contribution in [0.4, 0.5) is 0 Å². The molecule has 1 unspecified atom stereocenters. The van der Waals surface area contributed by atoms with Gasteiger partial charge in [0.1, 0.15) is 0 Å². The molecule has 0 aromatic rings. The third-order valence-electron chi connectivity index (χ3n) is 6.54. The highest BCUT2D eigenvalue weighted by Crippen LogP contribution is 2.20. The zero-order valence-electron chi connectivity index (χ0n) is 21.5. The number of rotatable bonds is 23. The summed E-state index contributed by atoms with van der Waals surface area (Å²) in [5, 5.41) is 0. The van der Waals surface area contributed by atoms with E-state index < -0.39 is 8.80 Å². The first-order valence-corrected chi connectivity index (χ1v) is 14.8. The van der Waals surface area contributed by atoms with Gasteiger partial charge in [0.15, 0.2) is 0 Å². The van der Waals surface area contributed by atoms with E-state index in [1.807, 2.05) is 0 Å². The predicted molar refractivity (Wildman–Crippen MR) is 133 cm³/mol. The number of unbranched alkanes of at least 4 members (excludes halogenated alkanes) is 15. The SMILES string of the molecule is CCCCCCCCCCCCCCCCCCN(C)C(CC)[Si](OC)(OC)OC. The fraction of sp³-hybridized carbons (Fsp3) is 1.00. The third kappa shape index (κ3) is 13.5. The van der Waals surface area contributed by atoms with Gasteiger partial charge in [-0.2, -0.15) is 0 Å². The second-order valence-corrected chi connectivity index (χ2v) is 12.0. The van der Waals surface area contributed by atoms with Crippen molar-refractivity contribution < 1.29 is 13.3 Å². The minimum atomic E-state index is -2.59. The molecule has 0 N–H and O–H groups in total. The maximum Gasteiger partial charge on any atom is 0.518 e. The van der Waals surface area contributed by atoms with E-state index in [0.717, 1.165) is 13.0 Å². The van der Waals surface area contributed by atoms with E-state index in [1.54, 1.807) is 21.3 Å². The largest absolute Gasteiger partial charge is 0.518 e. The van der Waals surface area contributed by atoms with Gasteiger partial charge >= 0.3 is 8.80 Å². The Bertz CT molecular complexity index is 345. The van der Waals surface area contributed by atoms with Crippen molar-refractivity contribution in [1.82, 2.24) is 4.90 Å². The first-order valence-electron chi connectivity index (χ1n) is 13.0. The summed E-state index contributed by atoms with van der Waals surface area (Å²) in [4.78, 5) is 2.38. The van der Waals surface area contributed by atoms with Crippen LogP contribution in [0.1, 0.15) is 123 Å². The number of hydrogen-bond donors (Lipinski definition) is 0. The molecule has 5 heteroatoms. The summed E-state index contributed by atoms with van der Waals surface area (Å²) in [6, 6.07) is 0. The average Bonchev–Trinajstić information content (AvgIpc) is 2.77. The van der Waals surface area contributed by atoms with Gasteiger partial charge in [-0.15, -0.1) is 0 Å². The third-order valence-corrected chi connectivity index (χ3v) is 9.92. The molecule has 0 bridgehead atoms. The zero-order valence-corrected chi connectivity index (χ0v) is 22.5. The lowest BCUT2D eigenvalue weighted by Gasteiger charge is -2.37. The molecule has 0 heterocycles. The fourth-order valence-corrected chi connectivity index (χ4v) is 7.04. The normalized spacial score (nSPS) is 13.3. The molecule has 0 spiro atoms. The van der Waals surface area contributed by atoms with Crippen molar-refractivity contribution in [3.8, 4) is 0 Å². The standard InChI is InChI=1S/C25H55NO3Si/c1-7-9-10-11-12-13-14-15-16-17-18-19-20-21-22-23-24-26(3)25(8-2)30(27-4,28-5)29-6/h25H,7-24H2,1-6H3. The molecule has 0 saturated carbocycles. The summed E-state index contributed by atoms with van der Waals surface area (Å²) in [5.74, 6) is 0. The van der Waals surface area contributed by atoms with E-state index >= 15 is 0 Å². The van der Waals surface area contributed by atoms with Crippen molar-refractivity contribution in [2.24, 2.45) is 0 Å². The van der Waals surface area contributed by atoms with Crippen molar-refractivity contribution in [3.63, 3.8) is 0 Å². The highest BCUT2D eigenvalue weighted by atomic mass is 28.4. The van der Waals surface area contributed by atoms with Gasteiger partial charge in [-0.3, -0.25) is 4.90 Å². The lowest BCUT2D eigenvalue weighted by Crippen LogP contribution is -2.60. The summed E-state index contributed by atoms with van der Waals surface area (Å²) < 4.78 is 17.1. The predicted octanol–water partition coefficient (Wildman–Crippen LogP) is 7.38. The van der Waals surface area contributed by atoms with Crippen LogP contribution < -0.4 is 0 Å². The van der Waals surface area contributed by atoms with Crippen LogP contribution in [0.3, 0.4) is 0 Å². The van der Waals surface area contributed by atoms with E-state index in [9.17, 15) is 0 Å². The molecule has 1 atom stereocenters. The maximum atomic E-state index is 5.70. The minimum Gasteiger partial charge on any atom is -0.376 e. The Kier molecular flexibility index (Phi) is 21.0. The second kappa shape index (κ2) is 20.9. The van der Waals surface area contributed by atoms with Gasteiger partial charge in [-0.1, -0.05) is 110 Å². The van der Waals surface area contributed by atoms with E-state index in [2.05, 4.69) is 25.8 Å². The van der Waals surface area contributed by atoms with Gasteiger partial charge in [-0.25, -0.2) is 0 Å². The summed E-state index contributed by atoms with van der Waals surface area (Å²) >= 11 is 0. The molecular weight excluding hydrogens is 390 g/mol. The molecule has 0 fully saturated rings. The molecule has 0 aromatic carbocycles. The molecule has 0 radical (unpaired) electrons. The molecule has 182 valence electrons. The van der Waals surface area contributed by atoms with Crippen LogP contribution in [0.25, 0.3) is 0 Å². The van der Waals surface area contributed by atoms with E-state index in [-0.39, 0.29) is 5.67 Å². The van der Waals surface area contributed by atoms with Crippen LogP contribution in [0, 0.1) is 0 Å². The monoisotopic (exact) mass is 445 g/mol. The molecule has 0 aliphatic carbocycles.